The van der Waals surface area contributed by atoms with E-state index >= 15 is 0 Å². The van der Waals surface area contributed by atoms with Gasteiger partial charge < -0.3 is 15.4 Å². The van der Waals surface area contributed by atoms with Gasteiger partial charge in [-0.05, 0) is 76.4 Å². The largest absolute Gasteiger partial charge is 0.398 e. The van der Waals surface area contributed by atoms with E-state index in [1.165, 1.54) is 0 Å². The molecule has 148 valence electrons. The van der Waals surface area contributed by atoms with Crippen molar-refractivity contribution in [3.05, 3.63) is 44.8 Å². The number of anilines is 2. The summed E-state index contributed by atoms with van der Waals surface area (Å²) in [4.78, 5) is 2.51. The molecule has 0 radical (unpaired) electrons. The average Bonchev–Trinajstić information content (AvgIpc) is 2.61. The molecular formula is C19H24Br2N2O3S. The molecule has 0 saturated heterocycles. The van der Waals surface area contributed by atoms with Gasteiger partial charge in [-0.3, -0.25) is 0 Å². The summed E-state index contributed by atoms with van der Waals surface area (Å²) in [5, 5.41) is 0. The Bertz CT molecular complexity index is 917. The Morgan fingerprint density at radius 2 is 1.85 bits per heavy atom. The van der Waals surface area contributed by atoms with E-state index in [0.29, 0.717) is 57.1 Å². The molecule has 0 heterocycles. The Balaban J connectivity index is 2.62. The number of sulfone groups is 1. The van der Waals surface area contributed by atoms with Gasteiger partial charge in [0.1, 0.15) is 0 Å². The predicted octanol–water partition coefficient (Wildman–Crippen LogP) is 4.80. The maximum absolute atomic E-state index is 13.6. The zero-order valence-electron chi connectivity index (χ0n) is 15.6. The van der Waals surface area contributed by atoms with Gasteiger partial charge in [0, 0.05) is 34.3 Å². The number of hydrogen-bond acceptors (Lipinski definition) is 5. The molecule has 8 heteroatoms. The fourth-order valence-electron chi connectivity index (χ4n) is 2.86. The number of halogens is 2. The Kier molecular flexibility index (Phi) is 7.73. The maximum atomic E-state index is 13.6. The molecule has 0 aliphatic heterocycles. The number of nitrogens with zero attached hydrogens (tertiary/aromatic N) is 1. The number of rotatable bonds is 8. The monoisotopic (exact) mass is 518 g/mol. The Morgan fingerprint density at radius 3 is 2.48 bits per heavy atom. The average molecular weight is 520 g/mol. The van der Waals surface area contributed by atoms with Crippen molar-refractivity contribution in [2.45, 2.75) is 30.6 Å². The smallest absolute Gasteiger partial charge is 0.210 e. The lowest BCUT2D eigenvalue weighted by Crippen LogP contribution is -2.29. The van der Waals surface area contributed by atoms with Crippen molar-refractivity contribution >= 4 is 53.1 Å². The van der Waals surface area contributed by atoms with E-state index in [1.807, 2.05) is 43.9 Å². The van der Waals surface area contributed by atoms with Gasteiger partial charge in [0.25, 0.3) is 0 Å². The van der Waals surface area contributed by atoms with Crippen LogP contribution in [0.3, 0.4) is 0 Å². The molecule has 0 fully saturated rings. The van der Waals surface area contributed by atoms with Gasteiger partial charge in [0.15, 0.2) is 0 Å². The molecule has 27 heavy (non-hydrogen) atoms. The van der Waals surface area contributed by atoms with Crippen LogP contribution >= 0.6 is 31.9 Å². The van der Waals surface area contributed by atoms with Crippen molar-refractivity contribution in [3.63, 3.8) is 0 Å². The quantitative estimate of drug-likeness (QED) is 0.400. The molecule has 0 aromatic heterocycles. The Hall–Kier alpha value is -1.09. The summed E-state index contributed by atoms with van der Waals surface area (Å²) in [5.41, 5.74) is 7.72. The van der Waals surface area contributed by atoms with E-state index in [1.54, 1.807) is 12.1 Å². The first-order chi connectivity index (χ1) is 12.7. The predicted molar refractivity (Wildman–Crippen MR) is 117 cm³/mol. The summed E-state index contributed by atoms with van der Waals surface area (Å²) in [6.07, 6.45) is 0. The topological polar surface area (TPSA) is 72.6 Å². The molecular weight excluding hydrogens is 496 g/mol. The van der Waals surface area contributed by atoms with E-state index in [4.69, 9.17) is 10.5 Å². The molecule has 0 amide bonds. The number of benzene rings is 2. The molecule has 5 nitrogen and oxygen atoms in total. The summed E-state index contributed by atoms with van der Waals surface area (Å²) >= 11 is 6.69. The lowest BCUT2D eigenvalue weighted by Gasteiger charge is -2.26. The third-order valence-corrected chi connectivity index (χ3v) is 7.82. The highest BCUT2D eigenvalue weighted by Crippen LogP contribution is 2.38. The number of nitrogens with two attached hydrogens (primary N) is 1. The molecule has 2 aromatic carbocycles. The van der Waals surface area contributed by atoms with Crippen LogP contribution in [0.5, 0.6) is 0 Å². The zero-order chi connectivity index (χ0) is 20.2. The highest BCUT2D eigenvalue weighted by atomic mass is 79.9. The second-order valence-electron chi connectivity index (χ2n) is 6.01. The first-order valence-electron chi connectivity index (χ1n) is 8.65. The first kappa shape index (κ1) is 22.2. The van der Waals surface area contributed by atoms with Crippen LogP contribution in [0.15, 0.2) is 49.1 Å². The van der Waals surface area contributed by atoms with Gasteiger partial charge in [-0.1, -0.05) is 12.1 Å². The minimum absolute atomic E-state index is 0.181. The fourth-order valence-corrected chi connectivity index (χ4v) is 6.13. The lowest BCUT2D eigenvalue weighted by molar-refractivity contribution is 0.154. The van der Waals surface area contributed by atoms with E-state index in [-0.39, 0.29) is 4.90 Å². The van der Waals surface area contributed by atoms with Gasteiger partial charge in [-0.2, -0.15) is 0 Å². The zero-order valence-corrected chi connectivity index (χ0v) is 19.6. The van der Waals surface area contributed by atoms with Crippen LogP contribution in [0.1, 0.15) is 19.4 Å². The number of nitrogen functional groups attached to an aromatic ring is 1. The molecule has 0 unspecified atom stereocenters. The van der Waals surface area contributed by atoms with Gasteiger partial charge in [-0.15, -0.1) is 0 Å². The summed E-state index contributed by atoms with van der Waals surface area (Å²) < 4.78 is 33.6. The number of hydrogen-bond donors (Lipinski definition) is 1. The number of likely N-dealkylation sites (N-methyl/N-ethyl adjacent to an activating group) is 1. The summed E-state index contributed by atoms with van der Waals surface area (Å²) in [5.74, 6) is 0. The van der Waals surface area contributed by atoms with Crippen LogP contribution in [0, 0.1) is 6.92 Å². The molecule has 0 aliphatic carbocycles. The second kappa shape index (κ2) is 9.41. The van der Waals surface area contributed by atoms with E-state index in [9.17, 15) is 8.42 Å². The highest BCUT2D eigenvalue weighted by molar-refractivity contribution is 9.11. The first-order valence-corrected chi connectivity index (χ1v) is 11.7. The lowest BCUT2D eigenvalue weighted by atomic mass is 10.2. The van der Waals surface area contributed by atoms with Crippen LogP contribution in [0.4, 0.5) is 11.4 Å². The summed E-state index contributed by atoms with van der Waals surface area (Å²) in [7, 11) is -3.77. The summed E-state index contributed by atoms with van der Waals surface area (Å²) in [6.45, 7) is 8.20. The number of ether oxygens (including phenoxy) is 1. The highest BCUT2D eigenvalue weighted by Gasteiger charge is 2.28. The SMILES string of the molecule is CCOCCN(CC)c1cccc(C)c1S(=O)(=O)c1cc(Br)c(N)cc1Br. The van der Waals surface area contributed by atoms with Crippen molar-refractivity contribution < 1.29 is 13.2 Å². The fraction of sp³-hybridized carbons (Fsp3) is 0.368. The van der Waals surface area contributed by atoms with Crippen molar-refractivity contribution in [2.24, 2.45) is 0 Å². The van der Waals surface area contributed by atoms with Crippen LogP contribution < -0.4 is 10.6 Å². The normalized spacial score (nSPS) is 11.6. The molecule has 2 rings (SSSR count). The van der Waals surface area contributed by atoms with Crippen LogP contribution in [0.2, 0.25) is 0 Å². The van der Waals surface area contributed by atoms with Gasteiger partial charge in [0.2, 0.25) is 9.84 Å². The third-order valence-electron chi connectivity index (χ3n) is 4.23. The van der Waals surface area contributed by atoms with E-state index in [0.717, 1.165) is 0 Å². The van der Waals surface area contributed by atoms with E-state index < -0.39 is 9.84 Å². The molecule has 2 N–H and O–H groups in total. The maximum Gasteiger partial charge on any atom is 0.210 e. The minimum atomic E-state index is -3.77. The van der Waals surface area contributed by atoms with Crippen molar-refractivity contribution in [2.75, 3.05) is 36.9 Å². The van der Waals surface area contributed by atoms with Crippen molar-refractivity contribution in [1.82, 2.24) is 0 Å². The van der Waals surface area contributed by atoms with Gasteiger partial charge in [0.05, 0.1) is 22.1 Å². The molecule has 0 spiro atoms. The Labute approximate surface area is 178 Å². The van der Waals surface area contributed by atoms with Crippen LogP contribution in [-0.4, -0.2) is 34.7 Å². The van der Waals surface area contributed by atoms with Crippen molar-refractivity contribution in [1.29, 1.82) is 0 Å². The van der Waals surface area contributed by atoms with Gasteiger partial charge >= 0.3 is 0 Å². The Morgan fingerprint density at radius 1 is 1.15 bits per heavy atom. The molecule has 0 aliphatic rings. The summed E-state index contributed by atoms with van der Waals surface area (Å²) in [6, 6.07) is 8.67. The third kappa shape index (κ3) is 4.85. The standard InChI is InChI=1S/C19H24Br2N2O3S/c1-4-23(9-10-26-5-2)17-8-6-7-13(3)19(17)27(24,25)18-12-14(20)16(22)11-15(18)21/h6-8,11-12H,4-5,9-10,22H2,1-3H3. The number of aryl methyl sites for hydroxylation is 1. The molecule has 0 saturated carbocycles. The molecule has 2 aromatic rings. The van der Waals surface area contributed by atoms with Crippen LogP contribution in [-0.2, 0) is 14.6 Å². The minimum Gasteiger partial charge on any atom is -0.398 e. The van der Waals surface area contributed by atoms with E-state index in [2.05, 4.69) is 31.9 Å². The van der Waals surface area contributed by atoms with Gasteiger partial charge in [-0.25, -0.2) is 8.42 Å². The van der Waals surface area contributed by atoms with Crippen LogP contribution in [0.25, 0.3) is 0 Å². The second-order valence-corrected chi connectivity index (χ2v) is 9.57. The molecule has 0 bridgehead atoms. The van der Waals surface area contributed by atoms with Crippen molar-refractivity contribution in [3.8, 4) is 0 Å². The molecule has 0 atom stereocenters.